The van der Waals surface area contributed by atoms with E-state index in [9.17, 15) is 0 Å². The van der Waals surface area contributed by atoms with Crippen molar-refractivity contribution in [2.45, 2.75) is 39.2 Å². The Balaban J connectivity index is 2.83. The van der Waals surface area contributed by atoms with Crippen LogP contribution in [0, 0.1) is 5.41 Å². The molecule has 0 saturated heterocycles. The Bertz CT molecular complexity index is 359. The number of amidine groups is 1. The smallest absolute Gasteiger partial charge is 0.0995 e. The van der Waals surface area contributed by atoms with Gasteiger partial charge in [0.15, 0.2) is 0 Å². The van der Waals surface area contributed by atoms with Crippen molar-refractivity contribution in [1.82, 2.24) is 4.90 Å². The van der Waals surface area contributed by atoms with Gasteiger partial charge in [-0.25, -0.2) is 0 Å². The van der Waals surface area contributed by atoms with E-state index in [1.54, 1.807) is 0 Å². The summed E-state index contributed by atoms with van der Waals surface area (Å²) in [7, 11) is 0. The highest BCUT2D eigenvalue weighted by molar-refractivity contribution is 5.84. The quantitative estimate of drug-likeness (QED) is 0.575. The van der Waals surface area contributed by atoms with Gasteiger partial charge in [-0.15, -0.1) is 0 Å². The number of hydrogen-bond acceptors (Lipinski definition) is 2. The molecule has 0 fully saturated rings. The monoisotopic (exact) mass is 247 g/mol. The van der Waals surface area contributed by atoms with Crippen molar-refractivity contribution in [1.29, 1.82) is 5.41 Å². The minimum Gasteiger partial charge on any atom is -0.387 e. The van der Waals surface area contributed by atoms with E-state index in [4.69, 9.17) is 11.1 Å². The second-order valence-corrected chi connectivity index (χ2v) is 5.01. The van der Waals surface area contributed by atoms with Crippen LogP contribution in [0.25, 0.3) is 0 Å². The van der Waals surface area contributed by atoms with E-state index in [1.165, 1.54) is 0 Å². The van der Waals surface area contributed by atoms with Gasteiger partial charge in [-0.3, -0.25) is 10.3 Å². The lowest BCUT2D eigenvalue weighted by atomic mass is 9.97. The van der Waals surface area contributed by atoms with Crippen molar-refractivity contribution in [2.24, 2.45) is 5.73 Å². The van der Waals surface area contributed by atoms with Crippen molar-refractivity contribution in [3.05, 3.63) is 35.9 Å². The van der Waals surface area contributed by atoms with Gasteiger partial charge in [0.05, 0.1) is 11.8 Å². The third-order valence-electron chi connectivity index (χ3n) is 3.24. The Morgan fingerprint density at radius 1 is 1.28 bits per heavy atom. The molecule has 100 valence electrons. The first kappa shape index (κ1) is 14.7. The Morgan fingerprint density at radius 3 is 2.33 bits per heavy atom. The normalized spacial score (nSPS) is 12.9. The fourth-order valence-electron chi connectivity index (χ4n) is 2.15. The van der Waals surface area contributed by atoms with Crippen LogP contribution in [0.2, 0.25) is 0 Å². The fraction of sp³-hybridized carbons (Fsp3) is 0.533. The SMILES string of the molecule is CCCN(CC(C(=N)N)c1ccccc1)C(C)C. The van der Waals surface area contributed by atoms with Crippen LogP contribution < -0.4 is 5.73 Å². The van der Waals surface area contributed by atoms with Crippen LogP contribution >= 0.6 is 0 Å². The molecule has 1 unspecified atom stereocenters. The average molecular weight is 247 g/mol. The van der Waals surface area contributed by atoms with Crippen LogP contribution in [0.15, 0.2) is 30.3 Å². The molecule has 0 aliphatic carbocycles. The summed E-state index contributed by atoms with van der Waals surface area (Å²) in [6, 6.07) is 10.6. The zero-order chi connectivity index (χ0) is 13.5. The summed E-state index contributed by atoms with van der Waals surface area (Å²) in [5.41, 5.74) is 6.90. The van der Waals surface area contributed by atoms with Gasteiger partial charge >= 0.3 is 0 Å². The molecule has 3 N–H and O–H groups in total. The maximum atomic E-state index is 7.81. The number of nitrogens with two attached hydrogens (primary N) is 1. The molecule has 0 bridgehead atoms. The summed E-state index contributed by atoms with van der Waals surface area (Å²) in [4.78, 5) is 2.39. The van der Waals surface area contributed by atoms with Crippen LogP contribution in [0.5, 0.6) is 0 Å². The van der Waals surface area contributed by atoms with Crippen LogP contribution in [-0.2, 0) is 0 Å². The molecule has 0 heterocycles. The number of nitrogens with one attached hydrogen (secondary N) is 1. The van der Waals surface area contributed by atoms with Crippen molar-refractivity contribution in [3.63, 3.8) is 0 Å². The molecule has 1 aromatic rings. The molecule has 0 spiro atoms. The molecule has 0 radical (unpaired) electrons. The first-order chi connectivity index (χ1) is 8.56. The Labute approximate surface area is 111 Å². The molecule has 18 heavy (non-hydrogen) atoms. The second-order valence-electron chi connectivity index (χ2n) is 5.01. The van der Waals surface area contributed by atoms with E-state index in [2.05, 4.69) is 37.8 Å². The number of benzene rings is 1. The molecule has 3 nitrogen and oxygen atoms in total. The lowest BCUT2D eigenvalue weighted by Crippen LogP contribution is -2.39. The molecule has 0 saturated carbocycles. The highest BCUT2D eigenvalue weighted by Crippen LogP contribution is 2.18. The largest absolute Gasteiger partial charge is 0.387 e. The van der Waals surface area contributed by atoms with Gasteiger partial charge in [-0.05, 0) is 32.4 Å². The zero-order valence-corrected chi connectivity index (χ0v) is 11.7. The van der Waals surface area contributed by atoms with Crippen LogP contribution in [0.1, 0.15) is 38.7 Å². The Kier molecular flexibility index (Phi) is 5.86. The number of nitrogens with zero attached hydrogens (tertiary/aromatic N) is 1. The summed E-state index contributed by atoms with van der Waals surface area (Å²) in [6.45, 7) is 8.44. The number of hydrogen-bond donors (Lipinski definition) is 2. The second kappa shape index (κ2) is 7.17. The zero-order valence-electron chi connectivity index (χ0n) is 11.7. The maximum absolute atomic E-state index is 7.81. The summed E-state index contributed by atoms with van der Waals surface area (Å²) < 4.78 is 0. The highest BCUT2D eigenvalue weighted by Gasteiger charge is 2.19. The Hall–Kier alpha value is -1.35. The third-order valence-corrected chi connectivity index (χ3v) is 3.24. The van der Waals surface area contributed by atoms with Gasteiger partial charge in [0.25, 0.3) is 0 Å². The third kappa shape index (κ3) is 4.15. The summed E-state index contributed by atoms with van der Waals surface area (Å²) in [5, 5.41) is 7.81. The van der Waals surface area contributed by atoms with Gasteiger partial charge in [0, 0.05) is 12.6 Å². The van der Waals surface area contributed by atoms with Crippen molar-refractivity contribution < 1.29 is 0 Å². The minimum atomic E-state index is 0.000139. The lowest BCUT2D eigenvalue weighted by molar-refractivity contribution is 0.219. The fourth-order valence-corrected chi connectivity index (χ4v) is 2.15. The van der Waals surface area contributed by atoms with Crippen molar-refractivity contribution >= 4 is 5.84 Å². The van der Waals surface area contributed by atoms with Crippen molar-refractivity contribution in [3.8, 4) is 0 Å². The Morgan fingerprint density at radius 2 is 1.89 bits per heavy atom. The summed E-state index contributed by atoms with van der Waals surface area (Å²) >= 11 is 0. The molecular formula is C15H25N3. The standard InChI is InChI=1S/C15H25N3/c1-4-10-18(12(2)3)11-14(15(16)17)13-8-6-5-7-9-13/h5-9,12,14H,4,10-11H2,1-3H3,(H3,16,17). The van der Waals surface area contributed by atoms with E-state index < -0.39 is 0 Å². The molecule has 0 aliphatic rings. The summed E-state index contributed by atoms with van der Waals surface area (Å²) in [5.74, 6) is 0.253. The van der Waals surface area contributed by atoms with E-state index in [-0.39, 0.29) is 11.8 Å². The molecule has 0 aliphatic heterocycles. The molecule has 1 atom stereocenters. The molecule has 0 amide bonds. The first-order valence-corrected chi connectivity index (χ1v) is 6.69. The molecule has 3 heteroatoms. The summed E-state index contributed by atoms with van der Waals surface area (Å²) in [6.07, 6.45) is 1.12. The molecular weight excluding hydrogens is 222 g/mol. The maximum Gasteiger partial charge on any atom is 0.0995 e. The van der Waals surface area contributed by atoms with Crippen LogP contribution in [-0.4, -0.2) is 29.9 Å². The molecule has 1 aromatic carbocycles. The van der Waals surface area contributed by atoms with Gasteiger partial charge in [0.2, 0.25) is 0 Å². The van der Waals surface area contributed by atoms with Gasteiger partial charge in [0.1, 0.15) is 0 Å². The average Bonchev–Trinajstić information content (AvgIpc) is 2.34. The first-order valence-electron chi connectivity index (χ1n) is 6.69. The lowest BCUT2D eigenvalue weighted by Gasteiger charge is -2.30. The van der Waals surface area contributed by atoms with Crippen LogP contribution in [0.3, 0.4) is 0 Å². The van der Waals surface area contributed by atoms with Gasteiger partial charge in [-0.2, -0.15) is 0 Å². The van der Waals surface area contributed by atoms with Crippen molar-refractivity contribution in [2.75, 3.05) is 13.1 Å². The molecule has 1 rings (SSSR count). The van der Waals surface area contributed by atoms with Gasteiger partial charge in [-0.1, -0.05) is 37.3 Å². The van der Waals surface area contributed by atoms with E-state index >= 15 is 0 Å². The predicted molar refractivity (Wildman–Crippen MR) is 78.1 cm³/mol. The topological polar surface area (TPSA) is 53.1 Å². The van der Waals surface area contributed by atoms with Gasteiger partial charge < -0.3 is 5.73 Å². The number of rotatable bonds is 7. The predicted octanol–water partition coefficient (Wildman–Crippen LogP) is 2.83. The van der Waals surface area contributed by atoms with Crippen LogP contribution in [0.4, 0.5) is 0 Å². The van der Waals surface area contributed by atoms with E-state index in [0.717, 1.165) is 25.1 Å². The minimum absolute atomic E-state index is 0.000139. The van der Waals surface area contributed by atoms with E-state index in [1.807, 2.05) is 18.2 Å². The van der Waals surface area contributed by atoms with E-state index in [0.29, 0.717) is 6.04 Å². The molecule has 0 aromatic heterocycles. The highest BCUT2D eigenvalue weighted by atomic mass is 15.1.